The van der Waals surface area contributed by atoms with Crippen molar-refractivity contribution in [2.45, 2.75) is 12.8 Å². The zero-order valence-electron chi connectivity index (χ0n) is 13.7. The molecule has 4 nitrogen and oxygen atoms in total. The lowest BCUT2D eigenvalue weighted by molar-refractivity contribution is -0.120. The number of nitrogens with zero attached hydrogens (tertiary/aromatic N) is 1. The summed E-state index contributed by atoms with van der Waals surface area (Å²) < 4.78 is 1.16. The van der Waals surface area contributed by atoms with Crippen molar-refractivity contribution in [3.63, 3.8) is 0 Å². The van der Waals surface area contributed by atoms with E-state index in [1.807, 2.05) is 42.5 Å². The first-order valence-electron chi connectivity index (χ1n) is 8.28. The Bertz CT molecular complexity index is 841. The molecule has 0 aliphatic carbocycles. The molecule has 130 valence electrons. The van der Waals surface area contributed by atoms with Crippen molar-refractivity contribution in [3.8, 4) is 10.6 Å². The van der Waals surface area contributed by atoms with E-state index in [4.69, 9.17) is 4.98 Å². The van der Waals surface area contributed by atoms with Gasteiger partial charge in [-0.05, 0) is 43.7 Å². The largest absolute Gasteiger partial charge is 0.325 e. The Morgan fingerprint density at radius 1 is 1.16 bits per heavy atom. The molecule has 2 heterocycles. The van der Waals surface area contributed by atoms with E-state index < -0.39 is 0 Å². The van der Waals surface area contributed by atoms with Crippen LogP contribution in [0.25, 0.3) is 20.8 Å². The van der Waals surface area contributed by atoms with Crippen LogP contribution < -0.4 is 10.6 Å². The van der Waals surface area contributed by atoms with Crippen LogP contribution in [0, 0.1) is 5.92 Å². The van der Waals surface area contributed by atoms with Gasteiger partial charge in [0.25, 0.3) is 0 Å². The van der Waals surface area contributed by atoms with Crippen LogP contribution in [0.15, 0.2) is 48.5 Å². The van der Waals surface area contributed by atoms with Crippen molar-refractivity contribution in [1.29, 1.82) is 0 Å². The van der Waals surface area contributed by atoms with Crippen LogP contribution in [-0.4, -0.2) is 24.0 Å². The lowest BCUT2D eigenvalue weighted by Crippen LogP contribution is -2.37. The zero-order valence-corrected chi connectivity index (χ0v) is 15.3. The molecular formula is C19H20ClN3OS. The minimum Gasteiger partial charge on any atom is -0.325 e. The van der Waals surface area contributed by atoms with E-state index in [9.17, 15) is 4.79 Å². The number of anilines is 1. The molecule has 2 N–H and O–H groups in total. The lowest BCUT2D eigenvalue weighted by atomic mass is 9.98. The fourth-order valence-electron chi connectivity index (χ4n) is 3.08. The topological polar surface area (TPSA) is 54.0 Å². The van der Waals surface area contributed by atoms with Crippen LogP contribution in [-0.2, 0) is 4.79 Å². The second kappa shape index (κ2) is 7.95. The SMILES string of the molecule is Cl.O=C(Nc1ccccc1-c1nc2ccccc2s1)C1CCCNC1. The minimum atomic E-state index is 0. The Morgan fingerprint density at radius 3 is 2.76 bits per heavy atom. The van der Waals surface area contributed by atoms with Crippen LogP contribution in [0.1, 0.15) is 12.8 Å². The van der Waals surface area contributed by atoms with E-state index in [-0.39, 0.29) is 24.2 Å². The molecule has 1 atom stereocenters. The molecule has 2 aromatic carbocycles. The number of amides is 1. The Hall–Kier alpha value is -1.95. The van der Waals surface area contributed by atoms with Crippen molar-refractivity contribution >= 4 is 45.6 Å². The van der Waals surface area contributed by atoms with Crippen molar-refractivity contribution in [1.82, 2.24) is 10.3 Å². The van der Waals surface area contributed by atoms with Crippen LogP contribution in [0.5, 0.6) is 0 Å². The van der Waals surface area contributed by atoms with Gasteiger partial charge in [-0.2, -0.15) is 0 Å². The number of aromatic nitrogens is 1. The Kier molecular flexibility index (Phi) is 5.68. The Morgan fingerprint density at radius 2 is 1.96 bits per heavy atom. The predicted octanol–water partition coefficient (Wildman–Crippen LogP) is 4.32. The fourth-order valence-corrected chi connectivity index (χ4v) is 4.08. The van der Waals surface area contributed by atoms with E-state index in [0.717, 1.165) is 52.4 Å². The maximum absolute atomic E-state index is 12.6. The molecule has 1 unspecified atom stereocenters. The first kappa shape index (κ1) is 17.9. The first-order chi connectivity index (χ1) is 11.8. The number of nitrogens with one attached hydrogen (secondary N) is 2. The summed E-state index contributed by atoms with van der Waals surface area (Å²) >= 11 is 1.65. The van der Waals surface area contributed by atoms with Crippen molar-refractivity contribution in [2.24, 2.45) is 5.92 Å². The van der Waals surface area contributed by atoms with Gasteiger partial charge in [-0.3, -0.25) is 4.79 Å². The third-order valence-corrected chi connectivity index (χ3v) is 5.45. The molecule has 1 aliphatic rings. The van der Waals surface area contributed by atoms with Gasteiger partial charge < -0.3 is 10.6 Å². The molecule has 25 heavy (non-hydrogen) atoms. The van der Waals surface area contributed by atoms with Crippen LogP contribution >= 0.6 is 23.7 Å². The van der Waals surface area contributed by atoms with Crippen LogP contribution in [0.4, 0.5) is 5.69 Å². The predicted molar refractivity (Wildman–Crippen MR) is 107 cm³/mol. The molecule has 1 saturated heterocycles. The summed E-state index contributed by atoms with van der Waals surface area (Å²) in [6.45, 7) is 1.77. The summed E-state index contributed by atoms with van der Waals surface area (Å²) in [6, 6.07) is 16.0. The number of benzene rings is 2. The molecule has 0 bridgehead atoms. The number of hydrogen-bond acceptors (Lipinski definition) is 4. The third kappa shape index (κ3) is 3.84. The second-order valence-corrected chi connectivity index (χ2v) is 7.10. The van der Waals surface area contributed by atoms with Gasteiger partial charge in [-0.15, -0.1) is 23.7 Å². The van der Waals surface area contributed by atoms with E-state index in [0.29, 0.717) is 0 Å². The number of carbonyl (C=O) groups is 1. The average Bonchev–Trinajstić information content (AvgIpc) is 3.07. The highest BCUT2D eigenvalue weighted by Crippen LogP contribution is 2.34. The number of para-hydroxylation sites is 2. The highest BCUT2D eigenvalue weighted by atomic mass is 35.5. The van der Waals surface area contributed by atoms with Crippen LogP contribution in [0.2, 0.25) is 0 Å². The summed E-state index contributed by atoms with van der Waals surface area (Å²) in [6.07, 6.45) is 2.00. The van der Waals surface area contributed by atoms with E-state index >= 15 is 0 Å². The van der Waals surface area contributed by atoms with E-state index in [1.165, 1.54) is 0 Å². The minimum absolute atomic E-state index is 0. The molecule has 0 spiro atoms. The van der Waals surface area contributed by atoms with E-state index in [1.54, 1.807) is 11.3 Å². The summed E-state index contributed by atoms with van der Waals surface area (Å²) in [5.74, 6) is 0.137. The number of rotatable bonds is 3. The summed E-state index contributed by atoms with van der Waals surface area (Å²) in [4.78, 5) is 17.3. The van der Waals surface area contributed by atoms with Gasteiger partial charge in [0.05, 0.1) is 21.8 Å². The van der Waals surface area contributed by atoms with Gasteiger partial charge in [-0.25, -0.2) is 4.98 Å². The number of piperidine rings is 1. The summed E-state index contributed by atoms with van der Waals surface area (Å²) in [5.41, 5.74) is 2.82. The van der Waals surface area contributed by atoms with Crippen LogP contribution in [0.3, 0.4) is 0 Å². The molecule has 1 amide bonds. The molecular weight excluding hydrogens is 354 g/mol. The van der Waals surface area contributed by atoms with Gasteiger partial charge in [0, 0.05) is 12.1 Å². The van der Waals surface area contributed by atoms with Gasteiger partial charge in [0.15, 0.2) is 0 Å². The first-order valence-corrected chi connectivity index (χ1v) is 9.09. The number of carbonyl (C=O) groups excluding carboxylic acids is 1. The third-order valence-electron chi connectivity index (χ3n) is 4.38. The molecule has 0 radical (unpaired) electrons. The molecule has 1 aliphatic heterocycles. The highest BCUT2D eigenvalue weighted by molar-refractivity contribution is 7.21. The maximum atomic E-state index is 12.6. The zero-order chi connectivity index (χ0) is 16.4. The quantitative estimate of drug-likeness (QED) is 0.718. The number of halogens is 1. The Labute approximate surface area is 157 Å². The second-order valence-electron chi connectivity index (χ2n) is 6.06. The van der Waals surface area contributed by atoms with Crippen molar-refractivity contribution < 1.29 is 4.79 Å². The van der Waals surface area contributed by atoms with Crippen molar-refractivity contribution in [3.05, 3.63) is 48.5 Å². The monoisotopic (exact) mass is 373 g/mol. The van der Waals surface area contributed by atoms with E-state index in [2.05, 4.69) is 16.7 Å². The molecule has 0 saturated carbocycles. The van der Waals surface area contributed by atoms with Gasteiger partial charge in [-0.1, -0.05) is 24.3 Å². The molecule has 3 aromatic rings. The highest BCUT2D eigenvalue weighted by Gasteiger charge is 2.22. The standard InChI is InChI=1S/C19H19N3OS.ClH/c23-18(13-6-5-11-20-12-13)21-15-8-2-1-7-14(15)19-22-16-9-3-4-10-17(16)24-19;/h1-4,7-10,13,20H,5-6,11-12H2,(H,21,23);1H. The molecule has 1 aromatic heterocycles. The molecule has 4 rings (SSSR count). The number of fused-ring (bicyclic) bond motifs is 1. The summed E-state index contributed by atoms with van der Waals surface area (Å²) in [5, 5.41) is 7.34. The van der Waals surface area contributed by atoms with Gasteiger partial charge >= 0.3 is 0 Å². The normalized spacial score (nSPS) is 17.0. The molecule has 1 fully saturated rings. The Balaban J connectivity index is 0.00000182. The fraction of sp³-hybridized carbons (Fsp3) is 0.263. The number of thiazole rings is 1. The summed E-state index contributed by atoms with van der Waals surface area (Å²) in [7, 11) is 0. The lowest BCUT2D eigenvalue weighted by Gasteiger charge is -2.22. The molecule has 6 heteroatoms. The van der Waals surface area contributed by atoms with Gasteiger partial charge in [0.2, 0.25) is 5.91 Å². The van der Waals surface area contributed by atoms with Gasteiger partial charge in [0.1, 0.15) is 5.01 Å². The number of hydrogen-bond donors (Lipinski definition) is 2. The smallest absolute Gasteiger partial charge is 0.228 e. The average molecular weight is 374 g/mol. The van der Waals surface area contributed by atoms with Crippen molar-refractivity contribution in [2.75, 3.05) is 18.4 Å². The maximum Gasteiger partial charge on any atom is 0.228 e.